The third-order valence-corrected chi connectivity index (χ3v) is 5.30. The van der Waals surface area contributed by atoms with Gasteiger partial charge in [-0.15, -0.1) is 0 Å². The van der Waals surface area contributed by atoms with Crippen LogP contribution in [-0.2, 0) is 12.5 Å². The molecule has 6 nitrogen and oxygen atoms in total. The SMILES string of the molecule is CN=C(NCC(c1cnn(C)c1)N(C)C)NCC1(c2cccc(F)c2)CC1. The van der Waals surface area contributed by atoms with Gasteiger partial charge in [-0.1, -0.05) is 12.1 Å². The summed E-state index contributed by atoms with van der Waals surface area (Å²) in [5.41, 5.74) is 2.24. The van der Waals surface area contributed by atoms with E-state index in [1.165, 1.54) is 6.07 Å². The van der Waals surface area contributed by atoms with Crippen LogP contribution in [0.2, 0.25) is 0 Å². The molecule has 1 heterocycles. The molecule has 2 aromatic rings. The number of hydrogen-bond donors (Lipinski definition) is 2. The maximum atomic E-state index is 13.6. The molecular formula is C20H29FN6. The predicted molar refractivity (Wildman–Crippen MR) is 106 cm³/mol. The number of nitrogens with one attached hydrogen (secondary N) is 2. The lowest BCUT2D eigenvalue weighted by Gasteiger charge is -2.25. The van der Waals surface area contributed by atoms with Crippen molar-refractivity contribution in [3.8, 4) is 0 Å². The molecule has 0 aliphatic heterocycles. The van der Waals surface area contributed by atoms with E-state index in [0.717, 1.165) is 36.5 Å². The van der Waals surface area contributed by atoms with E-state index in [-0.39, 0.29) is 17.3 Å². The van der Waals surface area contributed by atoms with Crippen LogP contribution in [0.25, 0.3) is 0 Å². The third kappa shape index (κ3) is 4.66. The summed E-state index contributed by atoms with van der Waals surface area (Å²) in [4.78, 5) is 6.50. The summed E-state index contributed by atoms with van der Waals surface area (Å²) in [6.07, 6.45) is 6.06. The molecule has 0 amide bonds. The molecule has 0 radical (unpaired) electrons. The number of aromatic nitrogens is 2. The zero-order valence-electron chi connectivity index (χ0n) is 16.5. The summed E-state index contributed by atoms with van der Waals surface area (Å²) in [6.45, 7) is 1.46. The first-order valence-electron chi connectivity index (χ1n) is 9.29. The van der Waals surface area contributed by atoms with E-state index in [9.17, 15) is 4.39 Å². The van der Waals surface area contributed by atoms with Gasteiger partial charge in [-0.3, -0.25) is 9.67 Å². The molecule has 3 rings (SSSR count). The molecule has 1 atom stereocenters. The molecule has 2 N–H and O–H groups in total. The molecule has 27 heavy (non-hydrogen) atoms. The summed E-state index contributed by atoms with van der Waals surface area (Å²) in [5, 5.41) is 11.1. The monoisotopic (exact) mass is 372 g/mol. The minimum atomic E-state index is -0.174. The van der Waals surface area contributed by atoms with Crippen LogP contribution in [-0.4, -0.2) is 54.9 Å². The van der Waals surface area contributed by atoms with Gasteiger partial charge in [-0.25, -0.2) is 4.39 Å². The Balaban J connectivity index is 1.58. The standard InChI is InChI=1S/C20H29FN6/c1-22-19(23-12-18(26(2)3)15-11-25-27(4)13-15)24-14-20(8-9-20)16-6-5-7-17(21)10-16/h5-7,10-11,13,18H,8-9,12,14H2,1-4H3,(H2,22,23,24). The van der Waals surface area contributed by atoms with Crippen LogP contribution >= 0.6 is 0 Å². The quantitative estimate of drug-likeness (QED) is 0.577. The van der Waals surface area contributed by atoms with Crippen LogP contribution in [0, 0.1) is 5.82 Å². The minimum Gasteiger partial charge on any atom is -0.356 e. The molecule has 146 valence electrons. The van der Waals surface area contributed by atoms with E-state index >= 15 is 0 Å². The molecule has 1 fully saturated rings. The zero-order chi connectivity index (χ0) is 19.4. The van der Waals surface area contributed by atoms with E-state index in [1.54, 1.807) is 19.2 Å². The molecule has 0 bridgehead atoms. The van der Waals surface area contributed by atoms with Crippen LogP contribution in [0.1, 0.15) is 30.0 Å². The molecular weight excluding hydrogens is 343 g/mol. The molecule has 0 saturated heterocycles. The summed E-state index contributed by atoms with van der Waals surface area (Å²) < 4.78 is 15.4. The smallest absolute Gasteiger partial charge is 0.191 e. The molecule has 1 aliphatic carbocycles. The van der Waals surface area contributed by atoms with Gasteiger partial charge < -0.3 is 15.5 Å². The van der Waals surface area contributed by atoms with Crippen molar-refractivity contribution in [2.24, 2.45) is 12.0 Å². The third-order valence-electron chi connectivity index (χ3n) is 5.30. The number of benzene rings is 1. The van der Waals surface area contributed by atoms with Crippen molar-refractivity contribution in [3.05, 3.63) is 53.6 Å². The van der Waals surface area contributed by atoms with Crippen LogP contribution < -0.4 is 10.6 Å². The number of hydrogen-bond acceptors (Lipinski definition) is 3. The van der Waals surface area contributed by atoms with Gasteiger partial charge in [0, 0.05) is 44.4 Å². The van der Waals surface area contributed by atoms with E-state index in [4.69, 9.17) is 0 Å². The summed E-state index contributed by atoms with van der Waals surface area (Å²) in [5.74, 6) is 0.583. The first-order chi connectivity index (χ1) is 12.9. The number of aryl methyl sites for hydroxylation is 1. The number of guanidine groups is 1. The molecule has 1 saturated carbocycles. The van der Waals surface area contributed by atoms with Gasteiger partial charge in [0.15, 0.2) is 5.96 Å². The van der Waals surface area contributed by atoms with Gasteiger partial charge in [0.2, 0.25) is 0 Å². The Morgan fingerprint density at radius 3 is 2.70 bits per heavy atom. The number of aliphatic imine (C=N–C) groups is 1. The molecule has 1 unspecified atom stereocenters. The number of halogens is 1. The highest BCUT2D eigenvalue weighted by molar-refractivity contribution is 5.79. The normalized spacial score (nSPS) is 17.0. The summed E-state index contributed by atoms with van der Waals surface area (Å²) >= 11 is 0. The first-order valence-corrected chi connectivity index (χ1v) is 9.29. The lowest BCUT2D eigenvalue weighted by Crippen LogP contribution is -2.44. The fraction of sp³-hybridized carbons (Fsp3) is 0.500. The van der Waals surface area contributed by atoms with Gasteiger partial charge >= 0.3 is 0 Å². The van der Waals surface area contributed by atoms with E-state index < -0.39 is 0 Å². The number of likely N-dealkylation sites (N-methyl/N-ethyl adjacent to an activating group) is 1. The molecule has 7 heteroatoms. The largest absolute Gasteiger partial charge is 0.356 e. The Morgan fingerprint density at radius 2 is 2.15 bits per heavy atom. The second-order valence-electron chi connectivity index (χ2n) is 7.52. The fourth-order valence-corrected chi connectivity index (χ4v) is 3.41. The molecule has 1 aromatic heterocycles. The predicted octanol–water partition coefficient (Wildman–Crippen LogP) is 2.06. The van der Waals surface area contributed by atoms with Crippen molar-refractivity contribution < 1.29 is 4.39 Å². The lowest BCUT2D eigenvalue weighted by atomic mass is 9.96. The van der Waals surface area contributed by atoms with E-state index in [2.05, 4.69) is 39.7 Å². The van der Waals surface area contributed by atoms with Gasteiger partial charge in [-0.2, -0.15) is 5.10 Å². The van der Waals surface area contributed by atoms with Crippen LogP contribution in [0.3, 0.4) is 0 Å². The highest BCUT2D eigenvalue weighted by atomic mass is 19.1. The number of nitrogens with zero attached hydrogens (tertiary/aromatic N) is 4. The maximum absolute atomic E-state index is 13.6. The lowest BCUT2D eigenvalue weighted by molar-refractivity contribution is 0.298. The maximum Gasteiger partial charge on any atom is 0.191 e. The van der Waals surface area contributed by atoms with Gasteiger partial charge in [0.05, 0.1) is 12.2 Å². The second-order valence-corrected chi connectivity index (χ2v) is 7.52. The van der Waals surface area contributed by atoms with E-state index in [0.29, 0.717) is 6.54 Å². The Bertz CT molecular complexity index is 793. The van der Waals surface area contributed by atoms with Crippen molar-refractivity contribution in [1.29, 1.82) is 0 Å². The van der Waals surface area contributed by atoms with Crippen LogP contribution in [0.15, 0.2) is 41.7 Å². The first kappa shape index (κ1) is 19.4. The topological polar surface area (TPSA) is 57.5 Å². The van der Waals surface area contributed by atoms with Crippen molar-refractivity contribution in [2.75, 3.05) is 34.2 Å². The Morgan fingerprint density at radius 1 is 1.37 bits per heavy atom. The highest BCUT2D eigenvalue weighted by Crippen LogP contribution is 2.47. The van der Waals surface area contributed by atoms with Crippen molar-refractivity contribution in [2.45, 2.75) is 24.3 Å². The average molecular weight is 372 g/mol. The summed E-state index contributed by atoms with van der Waals surface area (Å²) in [6, 6.07) is 7.13. The Kier molecular flexibility index (Phi) is 5.79. The average Bonchev–Trinajstić information content (AvgIpc) is 3.32. The second kappa shape index (κ2) is 8.08. The van der Waals surface area contributed by atoms with E-state index in [1.807, 2.05) is 30.2 Å². The zero-order valence-corrected chi connectivity index (χ0v) is 16.5. The molecule has 0 spiro atoms. The van der Waals surface area contributed by atoms with Gasteiger partial charge in [-0.05, 0) is 44.6 Å². The van der Waals surface area contributed by atoms with Crippen molar-refractivity contribution in [3.63, 3.8) is 0 Å². The van der Waals surface area contributed by atoms with Crippen LogP contribution in [0.5, 0.6) is 0 Å². The Labute approximate surface area is 160 Å². The minimum absolute atomic E-state index is 0.0179. The number of rotatable bonds is 7. The Hall–Kier alpha value is -2.41. The molecule has 1 aromatic carbocycles. The fourth-order valence-electron chi connectivity index (χ4n) is 3.41. The van der Waals surface area contributed by atoms with Gasteiger partial charge in [0.25, 0.3) is 0 Å². The summed E-state index contributed by atoms with van der Waals surface area (Å²) in [7, 11) is 7.80. The van der Waals surface area contributed by atoms with Crippen molar-refractivity contribution >= 4 is 5.96 Å². The van der Waals surface area contributed by atoms with Crippen molar-refractivity contribution in [1.82, 2.24) is 25.3 Å². The van der Waals surface area contributed by atoms with Gasteiger partial charge in [0.1, 0.15) is 5.82 Å². The van der Waals surface area contributed by atoms with Crippen LogP contribution in [0.4, 0.5) is 4.39 Å². The highest BCUT2D eigenvalue weighted by Gasteiger charge is 2.44. The molecule has 1 aliphatic rings.